The zero-order valence-electron chi connectivity index (χ0n) is 17.5. The van der Waals surface area contributed by atoms with Crippen molar-refractivity contribution in [3.05, 3.63) is 109 Å². The van der Waals surface area contributed by atoms with Gasteiger partial charge in [-0.25, -0.2) is 9.36 Å². The fourth-order valence-electron chi connectivity index (χ4n) is 4.09. The molecule has 0 bridgehead atoms. The van der Waals surface area contributed by atoms with Crippen molar-refractivity contribution in [2.45, 2.75) is 6.92 Å². The van der Waals surface area contributed by atoms with Crippen molar-refractivity contribution in [1.82, 2.24) is 19.6 Å². The molecule has 5 nitrogen and oxygen atoms in total. The summed E-state index contributed by atoms with van der Waals surface area (Å²) in [5.74, 6) is 1.51. The summed E-state index contributed by atoms with van der Waals surface area (Å²) in [4.78, 5) is 0. The van der Waals surface area contributed by atoms with Gasteiger partial charge in [0.15, 0.2) is 0 Å². The van der Waals surface area contributed by atoms with E-state index in [2.05, 4.69) is 30.2 Å². The summed E-state index contributed by atoms with van der Waals surface area (Å²) in [7, 11) is 0. The van der Waals surface area contributed by atoms with Crippen LogP contribution in [-0.2, 0) is 0 Å². The highest BCUT2D eigenvalue weighted by Gasteiger charge is 2.10. The summed E-state index contributed by atoms with van der Waals surface area (Å²) in [5, 5.41) is 11.6. The van der Waals surface area contributed by atoms with Crippen LogP contribution >= 0.6 is 0 Å². The fraction of sp³-hybridized carbons (Fsp3) is 0.0370. The van der Waals surface area contributed by atoms with Gasteiger partial charge in [0.25, 0.3) is 0 Å². The van der Waals surface area contributed by atoms with Crippen molar-refractivity contribution in [3.63, 3.8) is 0 Å². The SMILES string of the molecule is Cc1c2ccccc2nn1-c1cccc(Oc2cccc(-n3ncc4ccccc43)c2)c1. The number of fused-ring (bicyclic) bond motifs is 2. The van der Waals surface area contributed by atoms with Crippen molar-refractivity contribution < 1.29 is 4.74 Å². The molecule has 6 rings (SSSR count). The molecule has 0 amide bonds. The lowest BCUT2D eigenvalue weighted by molar-refractivity contribution is 0.481. The summed E-state index contributed by atoms with van der Waals surface area (Å²) in [6.07, 6.45) is 1.88. The minimum Gasteiger partial charge on any atom is -0.457 e. The van der Waals surface area contributed by atoms with E-state index in [0.717, 1.165) is 50.4 Å². The number of para-hydroxylation sites is 1. The van der Waals surface area contributed by atoms with Gasteiger partial charge in [0.1, 0.15) is 11.5 Å². The van der Waals surface area contributed by atoms with Crippen molar-refractivity contribution >= 4 is 21.8 Å². The molecule has 0 aliphatic carbocycles. The molecule has 0 unspecified atom stereocenters. The summed E-state index contributed by atoms with van der Waals surface area (Å²) in [5.41, 5.74) is 5.06. The van der Waals surface area contributed by atoms with Gasteiger partial charge in [-0.2, -0.15) is 10.2 Å². The second kappa shape index (κ2) is 7.39. The van der Waals surface area contributed by atoms with E-state index in [-0.39, 0.29) is 0 Å². The Morgan fingerprint density at radius 2 is 1.38 bits per heavy atom. The fourth-order valence-corrected chi connectivity index (χ4v) is 4.09. The van der Waals surface area contributed by atoms with Crippen LogP contribution in [0.4, 0.5) is 0 Å². The smallest absolute Gasteiger partial charge is 0.129 e. The second-order valence-corrected chi connectivity index (χ2v) is 7.73. The number of benzene rings is 4. The topological polar surface area (TPSA) is 44.9 Å². The Balaban J connectivity index is 1.34. The molecule has 0 atom stereocenters. The minimum atomic E-state index is 0.751. The number of ether oxygens (including phenoxy) is 1. The Kier molecular flexibility index (Phi) is 4.25. The van der Waals surface area contributed by atoms with Crippen molar-refractivity contribution in [3.8, 4) is 22.9 Å². The zero-order chi connectivity index (χ0) is 21.5. The van der Waals surface area contributed by atoms with Gasteiger partial charge in [0.05, 0.1) is 28.6 Å². The molecule has 6 aromatic rings. The molecule has 0 aliphatic heterocycles. The lowest BCUT2D eigenvalue weighted by atomic mass is 10.2. The average Bonchev–Trinajstić information content (AvgIpc) is 3.41. The van der Waals surface area contributed by atoms with Gasteiger partial charge in [-0.05, 0) is 43.3 Å². The van der Waals surface area contributed by atoms with Gasteiger partial charge < -0.3 is 4.74 Å². The highest BCUT2D eigenvalue weighted by atomic mass is 16.5. The molecular weight excluding hydrogens is 396 g/mol. The predicted octanol–water partition coefficient (Wildman–Crippen LogP) is 6.47. The van der Waals surface area contributed by atoms with Crippen molar-refractivity contribution in [1.29, 1.82) is 0 Å². The van der Waals surface area contributed by atoms with Crippen molar-refractivity contribution in [2.75, 3.05) is 0 Å². The van der Waals surface area contributed by atoms with Crippen LogP contribution in [0.15, 0.2) is 103 Å². The molecule has 5 heteroatoms. The van der Waals surface area contributed by atoms with E-state index in [1.165, 1.54) is 0 Å². The molecule has 0 radical (unpaired) electrons. The third kappa shape index (κ3) is 3.11. The normalized spacial score (nSPS) is 11.3. The molecule has 0 saturated heterocycles. The highest BCUT2D eigenvalue weighted by Crippen LogP contribution is 2.28. The quantitative estimate of drug-likeness (QED) is 0.331. The number of nitrogens with zero attached hydrogens (tertiary/aromatic N) is 4. The number of hydrogen-bond donors (Lipinski definition) is 0. The average molecular weight is 416 g/mol. The lowest BCUT2D eigenvalue weighted by Gasteiger charge is -2.11. The third-order valence-corrected chi connectivity index (χ3v) is 5.66. The summed E-state index contributed by atoms with van der Waals surface area (Å²) < 4.78 is 10.1. The summed E-state index contributed by atoms with van der Waals surface area (Å²) >= 11 is 0. The Morgan fingerprint density at radius 1 is 0.688 bits per heavy atom. The van der Waals surface area contributed by atoms with Crippen LogP contribution in [0, 0.1) is 6.92 Å². The largest absolute Gasteiger partial charge is 0.457 e. The summed E-state index contributed by atoms with van der Waals surface area (Å²) in [6, 6.07) is 32.3. The maximum absolute atomic E-state index is 6.22. The zero-order valence-corrected chi connectivity index (χ0v) is 17.5. The molecule has 2 aromatic heterocycles. The maximum Gasteiger partial charge on any atom is 0.129 e. The van der Waals surface area contributed by atoms with Crippen LogP contribution in [0.3, 0.4) is 0 Å². The molecule has 32 heavy (non-hydrogen) atoms. The molecule has 4 aromatic carbocycles. The first-order chi connectivity index (χ1) is 15.8. The van der Waals surface area contributed by atoms with Gasteiger partial charge in [-0.3, -0.25) is 0 Å². The van der Waals surface area contributed by atoms with E-state index in [4.69, 9.17) is 9.84 Å². The Labute approximate surface area is 185 Å². The van der Waals surface area contributed by atoms with Gasteiger partial charge in [0, 0.05) is 28.6 Å². The third-order valence-electron chi connectivity index (χ3n) is 5.66. The maximum atomic E-state index is 6.22. The standard InChI is InChI=1S/C27H20N4O/c1-19-25-13-3-4-14-26(25)29-30(19)21-9-6-11-23(16-21)32-24-12-7-10-22(17-24)31-27-15-5-2-8-20(27)18-28-31/h2-18H,1H3. The minimum absolute atomic E-state index is 0.751. The van der Waals surface area contributed by atoms with Crippen LogP contribution in [0.1, 0.15) is 5.69 Å². The number of aryl methyl sites for hydroxylation is 1. The number of rotatable bonds is 4. The molecule has 2 heterocycles. The highest BCUT2D eigenvalue weighted by molar-refractivity contribution is 5.82. The lowest BCUT2D eigenvalue weighted by Crippen LogP contribution is -1.99. The Hall–Kier alpha value is -4.38. The first kappa shape index (κ1) is 18.4. The molecule has 0 aliphatic rings. The van der Waals surface area contributed by atoms with E-state index in [0.29, 0.717) is 0 Å². The van der Waals surface area contributed by atoms with Crippen LogP contribution in [0.2, 0.25) is 0 Å². The molecule has 0 saturated carbocycles. The molecule has 0 spiro atoms. The van der Waals surface area contributed by atoms with E-state index >= 15 is 0 Å². The monoisotopic (exact) mass is 416 g/mol. The summed E-state index contributed by atoms with van der Waals surface area (Å²) in [6.45, 7) is 2.08. The van der Waals surface area contributed by atoms with Crippen LogP contribution in [0.25, 0.3) is 33.2 Å². The van der Waals surface area contributed by atoms with Gasteiger partial charge in [0.2, 0.25) is 0 Å². The van der Waals surface area contributed by atoms with Crippen LogP contribution < -0.4 is 4.74 Å². The Bertz CT molecular complexity index is 1580. The van der Waals surface area contributed by atoms with Gasteiger partial charge in [-0.15, -0.1) is 0 Å². The van der Waals surface area contributed by atoms with E-state index in [1.807, 2.05) is 94.4 Å². The number of aromatic nitrogens is 4. The van der Waals surface area contributed by atoms with E-state index in [1.54, 1.807) is 0 Å². The van der Waals surface area contributed by atoms with Gasteiger partial charge >= 0.3 is 0 Å². The molecule has 0 fully saturated rings. The molecule has 154 valence electrons. The molecular formula is C27H20N4O. The molecule has 0 N–H and O–H groups in total. The van der Waals surface area contributed by atoms with Crippen LogP contribution in [0.5, 0.6) is 11.5 Å². The van der Waals surface area contributed by atoms with Crippen LogP contribution in [-0.4, -0.2) is 19.6 Å². The second-order valence-electron chi connectivity index (χ2n) is 7.73. The predicted molar refractivity (Wildman–Crippen MR) is 127 cm³/mol. The number of hydrogen-bond acceptors (Lipinski definition) is 3. The first-order valence-corrected chi connectivity index (χ1v) is 10.5. The van der Waals surface area contributed by atoms with Crippen molar-refractivity contribution in [2.24, 2.45) is 0 Å². The Morgan fingerprint density at radius 3 is 2.16 bits per heavy atom. The van der Waals surface area contributed by atoms with E-state index in [9.17, 15) is 0 Å². The van der Waals surface area contributed by atoms with E-state index < -0.39 is 0 Å². The first-order valence-electron chi connectivity index (χ1n) is 10.5. The van der Waals surface area contributed by atoms with Gasteiger partial charge in [-0.1, -0.05) is 48.5 Å².